The average molecular weight is 267 g/mol. The number of carbonyl (C=O) groups excluding carboxylic acids is 1. The van der Waals surface area contributed by atoms with Gasteiger partial charge in [0.15, 0.2) is 5.78 Å². The van der Waals surface area contributed by atoms with Crippen molar-refractivity contribution < 1.29 is 14.3 Å². The van der Waals surface area contributed by atoms with Crippen molar-refractivity contribution in [2.24, 2.45) is 0 Å². The molecule has 1 aromatic carbocycles. The molecule has 1 aromatic rings. The Bertz CT molecular complexity index is 498. The van der Waals surface area contributed by atoms with Gasteiger partial charge in [0.2, 0.25) is 0 Å². The van der Waals surface area contributed by atoms with E-state index in [4.69, 9.17) is 21.1 Å². The fraction of sp³-hybridized carbons (Fsp3) is 0.500. The fourth-order valence-electron chi connectivity index (χ4n) is 2.62. The van der Waals surface area contributed by atoms with Crippen LogP contribution in [0.1, 0.15) is 35.7 Å². The predicted molar refractivity (Wildman–Crippen MR) is 68.6 cm³/mol. The Morgan fingerprint density at radius 1 is 1.39 bits per heavy atom. The summed E-state index contributed by atoms with van der Waals surface area (Å²) < 4.78 is 11.2. The molecule has 2 aliphatic heterocycles. The van der Waals surface area contributed by atoms with Crippen molar-refractivity contribution in [1.29, 1.82) is 0 Å². The van der Waals surface area contributed by atoms with Crippen LogP contribution in [0.4, 0.5) is 0 Å². The molecule has 1 fully saturated rings. The van der Waals surface area contributed by atoms with Crippen LogP contribution in [0.2, 0.25) is 5.02 Å². The number of ketones is 1. The maximum atomic E-state index is 12.4. The molecule has 2 heterocycles. The minimum Gasteiger partial charge on any atom is -0.492 e. The van der Waals surface area contributed by atoms with E-state index in [2.05, 4.69) is 0 Å². The van der Waals surface area contributed by atoms with Crippen molar-refractivity contribution in [3.63, 3.8) is 0 Å². The van der Waals surface area contributed by atoms with Crippen LogP contribution in [0, 0.1) is 0 Å². The van der Waals surface area contributed by atoms with E-state index in [1.54, 1.807) is 6.07 Å². The lowest BCUT2D eigenvalue weighted by molar-refractivity contribution is 0.0431. The van der Waals surface area contributed by atoms with Crippen LogP contribution in [0.25, 0.3) is 0 Å². The maximum Gasteiger partial charge on any atom is 0.195 e. The molecule has 0 radical (unpaired) electrons. The number of ether oxygens (including phenoxy) is 2. The molecule has 2 atom stereocenters. The molecule has 0 bridgehead atoms. The summed E-state index contributed by atoms with van der Waals surface area (Å²) in [6.45, 7) is 2.62. The molecule has 4 heteroatoms. The van der Waals surface area contributed by atoms with Crippen LogP contribution in [0.3, 0.4) is 0 Å². The van der Waals surface area contributed by atoms with Gasteiger partial charge in [-0.15, -0.1) is 0 Å². The Kier molecular flexibility index (Phi) is 3.04. The Labute approximate surface area is 111 Å². The largest absolute Gasteiger partial charge is 0.492 e. The Morgan fingerprint density at radius 2 is 2.22 bits per heavy atom. The second-order valence-corrected chi connectivity index (χ2v) is 5.35. The highest BCUT2D eigenvalue weighted by Gasteiger charge is 2.32. The standard InChI is InChI=1S/C14H15ClO3/c1-8-2-3-12(18-8)13(16)11-7-10(15)6-9-4-5-17-14(9)11/h6-8,12H,2-5H2,1H3. The topological polar surface area (TPSA) is 35.5 Å². The number of rotatable bonds is 2. The number of hydrogen-bond donors (Lipinski definition) is 0. The zero-order valence-corrected chi connectivity index (χ0v) is 11.0. The van der Waals surface area contributed by atoms with E-state index >= 15 is 0 Å². The first kappa shape index (κ1) is 12.0. The van der Waals surface area contributed by atoms with E-state index in [1.807, 2.05) is 13.0 Å². The number of benzene rings is 1. The first-order chi connectivity index (χ1) is 8.65. The van der Waals surface area contributed by atoms with Gasteiger partial charge in [0.1, 0.15) is 11.9 Å². The van der Waals surface area contributed by atoms with Crippen molar-refractivity contribution in [2.45, 2.75) is 38.4 Å². The Hall–Kier alpha value is -1.06. The third-order valence-electron chi connectivity index (χ3n) is 3.54. The van der Waals surface area contributed by atoms with E-state index in [0.29, 0.717) is 22.9 Å². The van der Waals surface area contributed by atoms with E-state index in [0.717, 1.165) is 24.8 Å². The van der Waals surface area contributed by atoms with Crippen LogP contribution in [-0.2, 0) is 11.2 Å². The van der Waals surface area contributed by atoms with Gasteiger partial charge in [0, 0.05) is 11.4 Å². The lowest BCUT2D eigenvalue weighted by Crippen LogP contribution is -2.21. The summed E-state index contributed by atoms with van der Waals surface area (Å²) in [5.41, 5.74) is 1.60. The molecule has 0 amide bonds. The molecule has 0 saturated carbocycles. The molecule has 0 spiro atoms. The zero-order chi connectivity index (χ0) is 12.7. The highest BCUT2D eigenvalue weighted by atomic mass is 35.5. The summed E-state index contributed by atoms with van der Waals surface area (Å²) in [6.07, 6.45) is 2.35. The predicted octanol–water partition coefficient (Wildman–Crippen LogP) is 3.03. The lowest BCUT2D eigenvalue weighted by atomic mass is 10.00. The molecule has 18 heavy (non-hydrogen) atoms. The van der Waals surface area contributed by atoms with Gasteiger partial charge < -0.3 is 9.47 Å². The Morgan fingerprint density at radius 3 is 2.94 bits per heavy atom. The summed E-state index contributed by atoms with van der Waals surface area (Å²) in [6, 6.07) is 3.57. The third kappa shape index (κ3) is 2.02. The van der Waals surface area contributed by atoms with Crippen LogP contribution < -0.4 is 4.74 Å². The SMILES string of the molecule is CC1CCC(C(=O)c2cc(Cl)cc3c2OCC3)O1. The number of carbonyl (C=O) groups is 1. The smallest absolute Gasteiger partial charge is 0.195 e. The molecular formula is C14H15ClO3. The molecule has 0 N–H and O–H groups in total. The van der Waals surface area contributed by atoms with Gasteiger partial charge >= 0.3 is 0 Å². The number of fused-ring (bicyclic) bond motifs is 1. The van der Waals surface area contributed by atoms with Crippen LogP contribution in [0.15, 0.2) is 12.1 Å². The average Bonchev–Trinajstić information content (AvgIpc) is 2.95. The molecule has 2 unspecified atom stereocenters. The monoisotopic (exact) mass is 266 g/mol. The van der Waals surface area contributed by atoms with Crippen LogP contribution >= 0.6 is 11.6 Å². The quantitative estimate of drug-likeness (QED) is 0.772. The molecule has 96 valence electrons. The summed E-state index contributed by atoms with van der Waals surface area (Å²) in [4.78, 5) is 12.4. The van der Waals surface area contributed by atoms with Gasteiger partial charge in [-0.25, -0.2) is 0 Å². The highest BCUT2D eigenvalue weighted by Crippen LogP contribution is 2.35. The van der Waals surface area contributed by atoms with E-state index in [-0.39, 0.29) is 18.0 Å². The summed E-state index contributed by atoms with van der Waals surface area (Å²) >= 11 is 6.06. The van der Waals surface area contributed by atoms with Gasteiger partial charge in [-0.2, -0.15) is 0 Å². The minimum absolute atomic E-state index is 0.000000000000000222. The summed E-state index contributed by atoms with van der Waals surface area (Å²) in [5, 5.41) is 0.591. The summed E-state index contributed by atoms with van der Waals surface area (Å²) in [7, 11) is 0. The number of Topliss-reactive ketones (excluding diaryl/α,β-unsaturated/α-hetero) is 1. The molecule has 0 aromatic heterocycles. The van der Waals surface area contributed by atoms with E-state index in [9.17, 15) is 4.79 Å². The second kappa shape index (κ2) is 4.56. The van der Waals surface area contributed by atoms with Crippen molar-refractivity contribution in [2.75, 3.05) is 6.61 Å². The maximum absolute atomic E-state index is 12.4. The zero-order valence-electron chi connectivity index (χ0n) is 10.2. The van der Waals surface area contributed by atoms with Gasteiger partial charge in [0.05, 0.1) is 18.3 Å². The van der Waals surface area contributed by atoms with Crippen LogP contribution in [0.5, 0.6) is 5.75 Å². The van der Waals surface area contributed by atoms with Gasteiger partial charge in [0.25, 0.3) is 0 Å². The normalized spacial score (nSPS) is 25.9. The van der Waals surface area contributed by atoms with Crippen molar-refractivity contribution in [3.8, 4) is 5.75 Å². The third-order valence-corrected chi connectivity index (χ3v) is 3.76. The van der Waals surface area contributed by atoms with Crippen molar-refractivity contribution in [1.82, 2.24) is 0 Å². The minimum atomic E-state index is -0.341. The summed E-state index contributed by atoms with van der Waals surface area (Å²) in [5.74, 6) is 0.701. The van der Waals surface area contributed by atoms with Gasteiger partial charge in [-0.05, 0) is 37.5 Å². The van der Waals surface area contributed by atoms with E-state index < -0.39 is 0 Å². The van der Waals surface area contributed by atoms with Gasteiger partial charge in [-0.1, -0.05) is 11.6 Å². The van der Waals surface area contributed by atoms with Crippen LogP contribution in [-0.4, -0.2) is 24.6 Å². The van der Waals surface area contributed by atoms with E-state index in [1.165, 1.54) is 0 Å². The Balaban J connectivity index is 1.94. The number of halogens is 1. The van der Waals surface area contributed by atoms with Crippen molar-refractivity contribution in [3.05, 3.63) is 28.3 Å². The second-order valence-electron chi connectivity index (χ2n) is 4.92. The first-order valence-electron chi connectivity index (χ1n) is 6.30. The molecule has 2 aliphatic rings. The molecule has 3 nitrogen and oxygen atoms in total. The first-order valence-corrected chi connectivity index (χ1v) is 6.68. The molecule has 3 rings (SSSR count). The molecule has 1 saturated heterocycles. The van der Waals surface area contributed by atoms with Gasteiger partial charge in [-0.3, -0.25) is 4.79 Å². The molecule has 0 aliphatic carbocycles. The highest BCUT2D eigenvalue weighted by molar-refractivity contribution is 6.31. The lowest BCUT2D eigenvalue weighted by Gasteiger charge is -2.13. The van der Waals surface area contributed by atoms with Crippen molar-refractivity contribution >= 4 is 17.4 Å². The molecular weight excluding hydrogens is 252 g/mol. The number of hydrogen-bond acceptors (Lipinski definition) is 3. The fourth-order valence-corrected chi connectivity index (χ4v) is 2.86.